The van der Waals surface area contributed by atoms with Gasteiger partial charge >= 0.3 is 0 Å². The van der Waals surface area contributed by atoms with Gasteiger partial charge in [0, 0.05) is 6.54 Å². The van der Waals surface area contributed by atoms with E-state index in [1.807, 2.05) is 30.3 Å². The average Bonchev–Trinajstić information content (AvgIpc) is 2.29. The lowest BCUT2D eigenvalue weighted by Gasteiger charge is -2.19. The molecule has 0 fully saturated rings. The third-order valence-electron chi connectivity index (χ3n) is 1.97. The summed E-state index contributed by atoms with van der Waals surface area (Å²) < 4.78 is 0.465. The molecule has 1 rings (SSSR count). The maximum atomic E-state index is 11.5. The van der Waals surface area contributed by atoms with Gasteiger partial charge in [0.15, 0.2) is 0 Å². The van der Waals surface area contributed by atoms with E-state index in [9.17, 15) is 4.79 Å². The molecule has 2 nitrogen and oxygen atoms in total. The fourth-order valence-corrected chi connectivity index (χ4v) is 1.71. The van der Waals surface area contributed by atoms with Crippen LogP contribution in [0.3, 0.4) is 0 Å². The highest BCUT2D eigenvalue weighted by Crippen LogP contribution is 2.05. The van der Waals surface area contributed by atoms with E-state index in [1.165, 1.54) is 0 Å². The molecule has 0 aliphatic carbocycles. The van der Waals surface area contributed by atoms with Crippen LogP contribution in [0.5, 0.6) is 0 Å². The Hall–Kier alpha value is -1.02. The van der Waals surface area contributed by atoms with Crippen molar-refractivity contribution >= 4 is 28.5 Å². The van der Waals surface area contributed by atoms with Crippen LogP contribution in [0.15, 0.2) is 30.3 Å². The first-order valence-corrected chi connectivity index (χ1v) is 6.11. The van der Waals surface area contributed by atoms with Crippen molar-refractivity contribution in [3.8, 4) is 12.3 Å². The van der Waals surface area contributed by atoms with E-state index in [0.717, 1.165) is 5.56 Å². The van der Waals surface area contributed by atoms with Crippen LogP contribution in [0, 0.1) is 12.3 Å². The van der Waals surface area contributed by atoms with Crippen molar-refractivity contribution in [1.29, 1.82) is 0 Å². The third-order valence-corrected chi connectivity index (χ3v) is 2.62. The SMILES string of the molecule is C#CCN(Cc1ccccc1)C(=O)CI. The normalized spacial score (nSPS) is 9.33. The first-order chi connectivity index (χ1) is 7.27. The molecule has 0 aromatic heterocycles. The highest BCUT2D eigenvalue weighted by Gasteiger charge is 2.10. The molecular weight excluding hydrogens is 301 g/mol. The van der Waals surface area contributed by atoms with Crippen molar-refractivity contribution in [3.63, 3.8) is 0 Å². The van der Waals surface area contributed by atoms with Gasteiger partial charge in [-0.1, -0.05) is 58.8 Å². The Morgan fingerprint density at radius 2 is 2.07 bits per heavy atom. The fraction of sp³-hybridized carbons (Fsp3) is 0.250. The predicted molar refractivity (Wildman–Crippen MR) is 69.6 cm³/mol. The number of halogens is 1. The molecule has 0 saturated heterocycles. The Kier molecular flexibility index (Phi) is 5.19. The first kappa shape index (κ1) is 12.1. The number of terminal acetylenes is 1. The lowest BCUT2D eigenvalue weighted by atomic mass is 10.2. The van der Waals surface area contributed by atoms with Gasteiger partial charge < -0.3 is 4.90 Å². The number of nitrogens with zero attached hydrogens (tertiary/aromatic N) is 1. The quantitative estimate of drug-likeness (QED) is 0.473. The summed E-state index contributed by atoms with van der Waals surface area (Å²) in [6.07, 6.45) is 5.23. The molecule has 0 atom stereocenters. The van der Waals surface area contributed by atoms with E-state index >= 15 is 0 Å². The molecule has 1 amide bonds. The number of rotatable bonds is 4. The molecule has 78 valence electrons. The van der Waals surface area contributed by atoms with Crippen molar-refractivity contribution in [2.24, 2.45) is 0 Å². The van der Waals surface area contributed by atoms with Crippen LogP contribution in [0.2, 0.25) is 0 Å². The number of hydrogen-bond donors (Lipinski definition) is 0. The number of hydrogen-bond acceptors (Lipinski definition) is 1. The maximum absolute atomic E-state index is 11.5. The van der Waals surface area contributed by atoms with Gasteiger partial charge in [0.2, 0.25) is 5.91 Å². The second-order valence-corrected chi connectivity index (χ2v) is 3.84. The minimum absolute atomic E-state index is 0.0809. The largest absolute Gasteiger partial charge is 0.327 e. The second-order valence-electron chi connectivity index (χ2n) is 3.07. The summed E-state index contributed by atoms with van der Waals surface area (Å²) in [4.78, 5) is 13.2. The zero-order valence-electron chi connectivity index (χ0n) is 8.32. The van der Waals surface area contributed by atoms with Gasteiger partial charge in [0.25, 0.3) is 0 Å². The fourth-order valence-electron chi connectivity index (χ4n) is 1.23. The monoisotopic (exact) mass is 313 g/mol. The molecule has 0 bridgehead atoms. The number of benzene rings is 1. The van der Waals surface area contributed by atoms with E-state index in [4.69, 9.17) is 6.42 Å². The van der Waals surface area contributed by atoms with Gasteiger partial charge in [0.05, 0.1) is 11.0 Å². The maximum Gasteiger partial charge on any atom is 0.233 e. The van der Waals surface area contributed by atoms with Gasteiger partial charge in [-0.15, -0.1) is 6.42 Å². The van der Waals surface area contributed by atoms with Gasteiger partial charge in [-0.3, -0.25) is 4.79 Å². The highest BCUT2D eigenvalue weighted by molar-refractivity contribution is 14.1. The van der Waals surface area contributed by atoms with E-state index in [0.29, 0.717) is 17.5 Å². The zero-order valence-corrected chi connectivity index (χ0v) is 10.5. The lowest BCUT2D eigenvalue weighted by molar-refractivity contribution is -0.128. The molecule has 0 N–H and O–H groups in total. The topological polar surface area (TPSA) is 20.3 Å². The van der Waals surface area contributed by atoms with Crippen molar-refractivity contribution in [2.75, 3.05) is 11.0 Å². The van der Waals surface area contributed by atoms with Crippen LogP contribution in [0.1, 0.15) is 5.56 Å². The lowest BCUT2D eigenvalue weighted by Crippen LogP contribution is -2.31. The van der Waals surface area contributed by atoms with E-state index in [2.05, 4.69) is 28.5 Å². The van der Waals surface area contributed by atoms with E-state index in [1.54, 1.807) is 4.90 Å². The number of amides is 1. The molecule has 0 aliphatic heterocycles. The Labute approximate surface area is 104 Å². The van der Waals surface area contributed by atoms with Gasteiger partial charge in [-0.25, -0.2) is 0 Å². The molecule has 0 saturated carbocycles. The first-order valence-electron chi connectivity index (χ1n) is 4.59. The summed E-state index contributed by atoms with van der Waals surface area (Å²) in [5.74, 6) is 2.59. The molecule has 1 aromatic rings. The molecule has 15 heavy (non-hydrogen) atoms. The summed E-state index contributed by atoms with van der Waals surface area (Å²) >= 11 is 2.05. The minimum atomic E-state index is 0.0809. The molecule has 0 heterocycles. The Balaban J connectivity index is 2.68. The summed E-state index contributed by atoms with van der Waals surface area (Å²) in [7, 11) is 0. The van der Waals surface area contributed by atoms with Crippen molar-refractivity contribution < 1.29 is 4.79 Å². The minimum Gasteiger partial charge on any atom is -0.327 e. The predicted octanol–water partition coefficient (Wildman–Crippen LogP) is 2.08. The van der Waals surface area contributed by atoms with Crippen molar-refractivity contribution in [1.82, 2.24) is 4.90 Å². The van der Waals surface area contributed by atoms with Crippen LogP contribution in [0.4, 0.5) is 0 Å². The average molecular weight is 313 g/mol. The van der Waals surface area contributed by atoms with Crippen LogP contribution in [0.25, 0.3) is 0 Å². The third kappa shape index (κ3) is 3.92. The Morgan fingerprint density at radius 1 is 1.40 bits per heavy atom. The van der Waals surface area contributed by atoms with Gasteiger partial charge in [-0.2, -0.15) is 0 Å². The second kappa shape index (κ2) is 6.46. The number of carbonyl (C=O) groups excluding carboxylic acids is 1. The Bertz CT molecular complexity index is 356. The molecule has 0 radical (unpaired) electrons. The molecule has 3 heteroatoms. The van der Waals surface area contributed by atoms with Crippen LogP contribution >= 0.6 is 22.6 Å². The number of carbonyl (C=O) groups is 1. The van der Waals surface area contributed by atoms with E-state index < -0.39 is 0 Å². The van der Waals surface area contributed by atoms with Crippen LogP contribution in [-0.2, 0) is 11.3 Å². The smallest absolute Gasteiger partial charge is 0.233 e. The zero-order chi connectivity index (χ0) is 11.1. The molecule has 0 spiro atoms. The van der Waals surface area contributed by atoms with Crippen LogP contribution < -0.4 is 0 Å². The highest BCUT2D eigenvalue weighted by atomic mass is 127. The van der Waals surface area contributed by atoms with Crippen LogP contribution in [-0.4, -0.2) is 21.8 Å². The molecule has 0 aliphatic rings. The van der Waals surface area contributed by atoms with E-state index in [-0.39, 0.29) is 5.91 Å². The van der Waals surface area contributed by atoms with Crippen molar-refractivity contribution in [3.05, 3.63) is 35.9 Å². The molecular formula is C12H12INO. The summed E-state index contributed by atoms with van der Waals surface area (Å²) in [5, 5.41) is 0. The van der Waals surface area contributed by atoms with Gasteiger partial charge in [-0.05, 0) is 5.56 Å². The Morgan fingerprint density at radius 3 is 2.60 bits per heavy atom. The van der Waals surface area contributed by atoms with Crippen molar-refractivity contribution in [2.45, 2.75) is 6.54 Å². The van der Waals surface area contributed by atoms with Gasteiger partial charge in [0.1, 0.15) is 0 Å². The standard InChI is InChI=1S/C12H12INO/c1-2-8-14(12(15)9-13)10-11-6-4-3-5-7-11/h1,3-7H,8-10H2. The summed E-state index contributed by atoms with van der Waals surface area (Å²) in [5.41, 5.74) is 1.10. The summed E-state index contributed by atoms with van der Waals surface area (Å²) in [6, 6.07) is 9.85. The number of alkyl halides is 1. The molecule has 0 unspecified atom stereocenters. The summed E-state index contributed by atoms with van der Waals surface area (Å²) in [6.45, 7) is 0.962. The molecule has 1 aromatic carbocycles.